The SMILES string of the molecule is CCOC(=O)C1=C(C)N(c2ccc(OC)cc2)C(C)=C(C(=O)OCC)C1c1ccc(Cl)c([N+](=O)[O-])c1. The normalized spacial score (nSPS) is 14.1. The van der Waals surface area contributed by atoms with E-state index in [0.717, 1.165) is 0 Å². The van der Waals surface area contributed by atoms with E-state index in [1.807, 2.05) is 0 Å². The van der Waals surface area contributed by atoms with Crippen molar-refractivity contribution < 1.29 is 28.7 Å². The molecule has 1 aliphatic heterocycles. The van der Waals surface area contributed by atoms with Crippen LogP contribution < -0.4 is 9.64 Å². The number of esters is 2. The third-order valence-corrected chi connectivity index (χ3v) is 6.17. The summed E-state index contributed by atoms with van der Waals surface area (Å²) in [6.07, 6.45) is 0. The Morgan fingerprint density at radius 1 is 0.972 bits per heavy atom. The van der Waals surface area contributed by atoms with E-state index in [-0.39, 0.29) is 35.1 Å². The molecule has 0 fully saturated rings. The molecule has 3 rings (SSSR count). The predicted molar refractivity (Wildman–Crippen MR) is 135 cm³/mol. The summed E-state index contributed by atoms with van der Waals surface area (Å²) in [5.41, 5.74) is 2.02. The molecule has 2 aromatic rings. The summed E-state index contributed by atoms with van der Waals surface area (Å²) in [4.78, 5) is 39.4. The van der Waals surface area contributed by atoms with Gasteiger partial charge in [-0.2, -0.15) is 0 Å². The minimum absolute atomic E-state index is 0.0591. The molecule has 0 radical (unpaired) electrons. The maximum Gasteiger partial charge on any atom is 0.336 e. The molecule has 0 amide bonds. The molecule has 1 aliphatic rings. The number of nitrogens with zero attached hydrogens (tertiary/aromatic N) is 2. The maximum absolute atomic E-state index is 13.3. The highest BCUT2D eigenvalue weighted by Crippen LogP contribution is 2.46. The summed E-state index contributed by atoms with van der Waals surface area (Å²) in [6.45, 7) is 7.02. The Morgan fingerprint density at radius 3 is 1.94 bits per heavy atom. The highest BCUT2D eigenvalue weighted by molar-refractivity contribution is 6.32. The van der Waals surface area contributed by atoms with Gasteiger partial charge in [0.1, 0.15) is 10.8 Å². The first-order valence-corrected chi connectivity index (χ1v) is 11.7. The van der Waals surface area contributed by atoms with Gasteiger partial charge in [-0.05, 0) is 63.6 Å². The van der Waals surface area contributed by atoms with E-state index in [4.69, 9.17) is 25.8 Å². The van der Waals surface area contributed by atoms with Crippen molar-refractivity contribution in [2.24, 2.45) is 0 Å². The van der Waals surface area contributed by atoms with Crippen LogP contribution in [0.25, 0.3) is 0 Å². The number of anilines is 1. The lowest BCUT2D eigenvalue weighted by Gasteiger charge is -2.38. The fraction of sp³-hybridized carbons (Fsp3) is 0.308. The molecule has 0 bridgehead atoms. The van der Waals surface area contributed by atoms with Gasteiger partial charge < -0.3 is 19.1 Å². The van der Waals surface area contributed by atoms with Gasteiger partial charge in [0.05, 0.1) is 42.3 Å². The van der Waals surface area contributed by atoms with Gasteiger partial charge in [0.2, 0.25) is 0 Å². The Bertz CT molecular complexity index is 1210. The van der Waals surface area contributed by atoms with E-state index in [1.165, 1.54) is 12.1 Å². The van der Waals surface area contributed by atoms with Gasteiger partial charge in [0, 0.05) is 23.1 Å². The largest absolute Gasteiger partial charge is 0.497 e. The third kappa shape index (κ3) is 5.06. The fourth-order valence-corrected chi connectivity index (χ4v) is 4.49. The molecular formula is C26H27ClN2O7. The Balaban J connectivity index is 2.35. The Morgan fingerprint density at radius 2 is 1.50 bits per heavy atom. The number of hydrogen-bond acceptors (Lipinski definition) is 8. The number of nitro groups is 1. The van der Waals surface area contributed by atoms with Crippen LogP contribution in [0.5, 0.6) is 5.75 Å². The highest BCUT2D eigenvalue weighted by atomic mass is 35.5. The molecule has 9 nitrogen and oxygen atoms in total. The molecule has 0 spiro atoms. The molecule has 0 aromatic heterocycles. The molecule has 36 heavy (non-hydrogen) atoms. The number of methoxy groups -OCH3 is 1. The Kier molecular flexibility index (Phi) is 8.37. The number of carbonyl (C=O) groups is 2. The predicted octanol–water partition coefficient (Wildman–Crippen LogP) is 5.53. The van der Waals surface area contributed by atoms with Crippen LogP contribution in [0, 0.1) is 10.1 Å². The number of nitro benzene ring substituents is 1. The van der Waals surface area contributed by atoms with Gasteiger partial charge in [0.15, 0.2) is 0 Å². The summed E-state index contributed by atoms with van der Waals surface area (Å²) < 4.78 is 16.0. The van der Waals surface area contributed by atoms with Crippen LogP contribution in [0.2, 0.25) is 5.02 Å². The van der Waals surface area contributed by atoms with Crippen LogP contribution in [0.15, 0.2) is 65.0 Å². The van der Waals surface area contributed by atoms with Gasteiger partial charge in [-0.3, -0.25) is 10.1 Å². The molecule has 0 N–H and O–H groups in total. The van der Waals surface area contributed by atoms with Crippen molar-refractivity contribution in [3.8, 4) is 5.75 Å². The van der Waals surface area contributed by atoms with Crippen LogP contribution in [-0.4, -0.2) is 37.2 Å². The number of hydrogen-bond donors (Lipinski definition) is 0. The zero-order valence-corrected chi connectivity index (χ0v) is 21.4. The molecule has 0 saturated heterocycles. The molecule has 0 saturated carbocycles. The molecular weight excluding hydrogens is 488 g/mol. The summed E-state index contributed by atoms with van der Waals surface area (Å²) in [6, 6.07) is 11.3. The lowest BCUT2D eigenvalue weighted by Crippen LogP contribution is -2.35. The summed E-state index contributed by atoms with van der Waals surface area (Å²) in [5.74, 6) is -1.63. The topological polar surface area (TPSA) is 108 Å². The monoisotopic (exact) mass is 514 g/mol. The Labute approximate surface area is 214 Å². The van der Waals surface area contributed by atoms with Crippen molar-refractivity contribution in [1.29, 1.82) is 0 Å². The highest BCUT2D eigenvalue weighted by Gasteiger charge is 2.41. The third-order valence-electron chi connectivity index (χ3n) is 5.85. The second-order valence-corrected chi connectivity index (χ2v) is 8.28. The molecule has 0 atom stereocenters. The minimum Gasteiger partial charge on any atom is -0.497 e. The van der Waals surface area contributed by atoms with E-state index in [0.29, 0.717) is 28.4 Å². The zero-order valence-electron chi connectivity index (χ0n) is 20.7. The van der Waals surface area contributed by atoms with Crippen molar-refractivity contribution in [3.05, 3.63) is 85.7 Å². The lowest BCUT2D eigenvalue weighted by molar-refractivity contribution is -0.384. The van der Waals surface area contributed by atoms with Crippen LogP contribution in [0.1, 0.15) is 39.2 Å². The second kappa shape index (κ2) is 11.3. The van der Waals surface area contributed by atoms with E-state index in [1.54, 1.807) is 70.0 Å². The van der Waals surface area contributed by atoms with Gasteiger partial charge in [-0.1, -0.05) is 17.7 Å². The van der Waals surface area contributed by atoms with E-state index in [9.17, 15) is 19.7 Å². The number of carbonyl (C=O) groups excluding carboxylic acids is 2. The minimum atomic E-state index is -0.978. The number of allylic oxidation sites excluding steroid dienone is 2. The van der Waals surface area contributed by atoms with Crippen LogP contribution in [0.4, 0.5) is 11.4 Å². The van der Waals surface area contributed by atoms with E-state index < -0.39 is 22.8 Å². The summed E-state index contributed by atoms with van der Waals surface area (Å²) in [7, 11) is 1.56. The van der Waals surface area contributed by atoms with Crippen molar-refractivity contribution in [2.45, 2.75) is 33.6 Å². The number of halogens is 1. The molecule has 10 heteroatoms. The fourth-order valence-electron chi connectivity index (χ4n) is 4.30. The smallest absolute Gasteiger partial charge is 0.336 e. The molecule has 0 unspecified atom stereocenters. The van der Waals surface area contributed by atoms with Crippen LogP contribution in [0.3, 0.4) is 0 Å². The van der Waals surface area contributed by atoms with Crippen LogP contribution >= 0.6 is 11.6 Å². The first-order chi connectivity index (χ1) is 17.2. The number of rotatable bonds is 8. The van der Waals surface area contributed by atoms with Crippen molar-refractivity contribution in [1.82, 2.24) is 0 Å². The van der Waals surface area contributed by atoms with Gasteiger partial charge in [-0.25, -0.2) is 9.59 Å². The number of ether oxygens (including phenoxy) is 3. The quantitative estimate of drug-likeness (QED) is 0.257. The van der Waals surface area contributed by atoms with E-state index in [2.05, 4.69) is 0 Å². The molecule has 190 valence electrons. The first-order valence-electron chi connectivity index (χ1n) is 11.3. The standard InChI is InChI=1S/C26H27ClN2O7/c1-6-35-25(30)22-15(3)28(18-9-11-19(34-5)12-10-18)16(4)23(26(31)36-7-2)24(22)17-8-13-20(27)21(14-17)29(32)33/h8-14,24H,6-7H2,1-5H3. The average Bonchev–Trinajstić information content (AvgIpc) is 2.84. The zero-order chi connectivity index (χ0) is 26.6. The molecule has 1 heterocycles. The molecule has 2 aromatic carbocycles. The van der Waals surface area contributed by atoms with Crippen molar-refractivity contribution in [2.75, 3.05) is 25.2 Å². The summed E-state index contributed by atoms with van der Waals surface area (Å²) >= 11 is 6.05. The second-order valence-electron chi connectivity index (χ2n) is 7.87. The van der Waals surface area contributed by atoms with Crippen LogP contribution in [-0.2, 0) is 19.1 Å². The van der Waals surface area contributed by atoms with Gasteiger partial charge in [-0.15, -0.1) is 0 Å². The van der Waals surface area contributed by atoms with E-state index >= 15 is 0 Å². The molecule has 0 aliphatic carbocycles. The van der Waals surface area contributed by atoms with Crippen molar-refractivity contribution >= 4 is 34.9 Å². The van der Waals surface area contributed by atoms with Gasteiger partial charge >= 0.3 is 11.9 Å². The van der Waals surface area contributed by atoms with Crippen molar-refractivity contribution in [3.63, 3.8) is 0 Å². The van der Waals surface area contributed by atoms with Gasteiger partial charge in [0.25, 0.3) is 5.69 Å². The average molecular weight is 515 g/mol. The lowest BCUT2D eigenvalue weighted by atomic mass is 9.79. The summed E-state index contributed by atoms with van der Waals surface area (Å²) in [5, 5.41) is 11.5. The first kappa shape index (κ1) is 26.7. The number of benzene rings is 2. The Hall–Kier alpha value is -3.85. The maximum atomic E-state index is 13.3.